The van der Waals surface area contributed by atoms with E-state index in [1.165, 1.54) is 18.1 Å². The van der Waals surface area contributed by atoms with Gasteiger partial charge in [0.1, 0.15) is 5.75 Å². The zero-order chi connectivity index (χ0) is 29.2. The van der Waals surface area contributed by atoms with Gasteiger partial charge in [0.25, 0.3) is 0 Å². The highest BCUT2D eigenvalue weighted by Gasteiger charge is 2.63. The summed E-state index contributed by atoms with van der Waals surface area (Å²) in [5, 5.41) is 0. The van der Waals surface area contributed by atoms with Crippen LogP contribution < -0.4 is 9.64 Å². The molecule has 3 aliphatic rings. The Labute approximate surface area is 253 Å². The Hall–Kier alpha value is -2.68. The lowest BCUT2D eigenvalue weighted by atomic mass is 9.53. The molecule has 3 aliphatic carbocycles. The molecule has 0 aliphatic heterocycles. The molecule has 0 N–H and O–H groups in total. The molecule has 2 aromatic carbocycles. The van der Waals surface area contributed by atoms with Crippen LogP contribution in [0.5, 0.6) is 5.75 Å². The fraction of sp³-hybridized carbons (Fsp3) is 0.529. The number of anilines is 1. The molecule has 5 rings (SSSR count). The number of esters is 2. The minimum absolute atomic E-state index is 0.201. The van der Waals surface area contributed by atoms with Gasteiger partial charge in [-0.05, 0) is 97.2 Å². The molecule has 0 unspecified atom stereocenters. The van der Waals surface area contributed by atoms with Gasteiger partial charge in [0.15, 0.2) is 5.60 Å². The van der Waals surface area contributed by atoms with Gasteiger partial charge in [-0.15, -0.1) is 29.6 Å². The first-order chi connectivity index (χ1) is 19.7. The summed E-state index contributed by atoms with van der Waals surface area (Å²) in [5.41, 5.74) is 3.56. The van der Waals surface area contributed by atoms with E-state index in [1.54, 1.807) is 0 Å². The maximum atomic E-state index is 12.8. The van der Waals surface area contributed by atoms with Crippen molar-refractivity contribution in [2.24, 2.45) is 17.3 Å². The number of alkyl halides is 2. The average molecular weight is 597 g/mol. The number of rotatable bonds is 9. The van der Waals surface area contributed by atoms with Gasteiger partial charge >= 0.3 is 11.9 Å². The number of terminal acetylenes is 1. The molecule has 7 heteroatoms. The molecule has 0 heterocycles. The number of hydrogen-bond donors (Lipinski definition) is 0. The van der Waals surface area contributed by atoms with E-state index in [0.717, 1.165) is 62.9 Å². The molecule has 2 saturated carbocycles. The van der Waals surface area contributed by atoms with Gasteiger partial charge < -0.3 is 14.4 Å². The Kier molecular flexibility index (Phi) is 8.92. The van der Waals surface area contributed by atoms with Crippen LogP contribution in [0.1, 0.15) is 68.6 Å². The molecular weight excluding hydrogens is 557 g/mol. The maximum absolute atomic E-state index is 12.8. The second kappa shape index (κ2) is 12.3. The second-order valence-electron chi connectivity index (χ2n) is 12.0. The van der Waals surface area contributed by atoms with E-state index in [1.807, 2.05) is 30.3 Å². The lowest BCUT2D eigenvalue weighted by molar-refractivity contribution is -0.165. The topological polar surface area (TPSA) is 55.8 Å². The molecule has 0 spiro atoms. The summed E-state index contributed by atoms with van der Waals surface area (Å²) in [6.07, 6.45) is 11.9. The summed E-state index contributed by atoms with van der Waals surface area (Å²) in [4.78, 5) is 26.9. The zero-order valence-electron chi connectivity index (χ0n) is 24.0. The smallest absolute Gasteiger partial charge is 0.315 e. The Morgan fingerprint density at radius 1 is 1.05 bits per heavy atom. The predicted octanol–water partition coefficient (Wildman–Crippen LogP) is 6.91. The molecule has 2 fully saturated rings. The van der Waals surface area contributed by atoms with Crippen LogP contribution in [-0.4, -0.2) is 42.4 Å². The van der Waals surface area contributed by atoms with Crippen LogP contribution in [0.2, 0.25) is 0 Å². The first-order valence-corrected chi connectivity index (χ1v) is 15.8. The van der Waals surface area contributed by atoms with Gasteiger partial charge in [0, 0.05) is 42.9 Å². The highest BCUT2D eigenvalue weighted by molar-refractivity contribution is 6.18. The van der Waals surface area contributed by atoms with Crippen molar-refractivity contribution in [3.05, 3.63) is 59.2 Å². The number of benzene rings is 2. The number of ether oxygens (including phenoxy) is 2. The van der Waals surface area contributed by atoms with Gasteiger partial charge in [0.05, 0.1) is 6.42 Å². The monoisotopic (exact) mass is 595 g/mol. The zero-order valence-corrected chi connectivity index (χ0v) is 25.5. The SMILES string of the molecule is C#C[C@]1(OC(C)=O)CC[C@H]2[C@@H]3CCc4cc(OC(=O)Cc5ccc(N(CCCl)CCCl)cc5)ccc4[C@H]3CC[C@@]21C. The first-order valence-electron chi connectivity index (χ1n) is 14.7. The third-order valence-corrected chi connectivity index (χ3v) is 10.3. The van der Waals surface area contributed by atoms with Gasteiger partial charge in [-0.25, -0.2) is 0 Å². The summed E-state index contributed by atoms with van der Waals surface area (Å²) in [7, 11) is 0. The Balaban J connectivity index is 1.24. The van der Waals surface area contributed by atoms with E-state index in [2.05, 4.69) is 29.9 Å². The van der Waals surface area contributed by atoms with E-state index in [4.69, 9.17) is 39.1 Å². The van der Waals surface area contributed by atoms with Crippen LogP contribution >= 0.6 is 23.2 Å². The Morgan fingerprint density at radius 2 is 1.78 bits per heavy atom. The molecule has 2 aromatic rings. The van der Waals surface area contributed by atoms with Crippen molar-refractivity contribution < 1.29 is 19.1 Å². The van der Waals surface area contributed by atoms with E-state index in [-0.39, 0.29) is 23.8 Å². The van der Waals surface area contributed by atoms with Crippen LogP contribution in [0.15, 0.2) is 42.5 Å². The lowest BCUT2D eigenvalue weighted by Gasteiger charge is -2.52. The number of fused-ring (bicyclic) bond motifs is 5. The summed E-state index contributed by atoms with van der Waals surface area (Å²) in [6.45, 7) is 5.13. The van der Waals surface area contributed by atoms with E-state index in [0.29, 0.717) is 35.3 Å². The van der Waals surface area contributed by atoms with Crippen LogP contribution in [-0.2, 0) is 27.2 Å². The average Bonchev–Trinajstić information content (AvgIpc) is 3.24. The van der Waals surface area contributed by atoms with Crippen LogP contribution in [0.25, 0.3) is 0 Å². The van der Waals surface area contributed by atoms with Gasteiger partial charge in [-0.3, -0.25) is 9.59 Å². The number of nitrogens with zero attached hydrogens (tertiary/aromatic N) is 1. The highest BCUT2D eigenvalue weighted by atomic mass is 35.5. The minimum atomic E-state index is -0.805. The van der Waals surface area contributed by atoms with E-state index in [9.17, 15) is 9.59 Å². The quantitative estimate of drug-likeness (QED) is 0.136. The van der Waals surface area contributed by atoms with Gasteiger partial charge in [-0.1, -0.05) is 31.0 Å². The summed E-state index contributed by atoms with van der Waals surface area (Å²) in [5.74, 6) is 5.37. The van der Waals surface area contributed by atoms with Crippen LogP contribution in [0.3, 0.4) is 0 Å². The predicted molar refractivity (Wildman–Crippen MR) is 164 cm³/mol. The molecule has 0 saturated heterocycles. The number of halogens is 2. The number of aryl methyl sites for hydroxylation is 1. The van der Waals surface area contributed by atoms with Crippen LogP contribution in [0.4, 0.5) is 5.69 Å². The Bertz CT molecular complexity index is 1310. The number of carbonyl (C=O) groups excluding carboxylic acids is 2. The van der Waals surface area contributed by atoms with Gasteiger partial charge in [0.2, 0.25) is 0 Å². The Morgan fingerprint density at radius 3 is 2.44 bits per heavy atom. The van der Waals surface area contributed by atoms with Gasteiger partial charge in [-0.2, -0.15) is 0 Å². The molecule has 0 amide bonds. The van der Waals surface area contributed by atoms with Crippen LogP contribution in [0, 0.1) is 29.6 Å². The molecule has 5 atom stereocenters. The molecule has 41 heavy (non-hydrogen) atoms. The third kappa shape index (κ3) is 5.71. The van der Waals surface area contributed by atoms with Crippen molar-refractivity contribution >= 4 is 40.8 Å². The van der Waals surface area contributed by atoms with Crippen molar-refractivity contribution in [1.82, 2.24) is 0 Å². The molecule has 0 radical (unpaired) electrons. The summed E-state index contributed by atoms with van der Waals surface area (Å²) in [6, 6.07) is 14.0. The molecular formula is C34H39Cl2NO4. The van der Waals surface area contributed by atoms with E-state index < -0.39 is 5.60 Å². The van der Waals surface area contributed by atoms with Crippen molar-refractivity contribution in [2.75, 3.05) is 29.7 Å². The normalized spacial score (nSPS) is 28.0. The largest absolute Gasteiger partial charge is 0.445 e. The maximum Gasteiger partial charge on any atom is 0.315 e. The third-order valence-electron chi connectivity index (χ3n) is 9.96. The second-order valence-corrected chi connectivity index (χ2v) is 12.8. The molecule has 218 valence electrons. The minimum Gasteiger partial charge on any atom is -0.445 e. The molecule has 0 aromatic heterocycles. The summed E-state index contributed by atoms with van der Waals surface area (Å²) >= 11 is 11.9. The summed E-state index contributed by atoms with van der Waals surface area (Å²) < 4.78 is 11.7. The molecule has 5 nitrogen and oxygen atoms in total. The van der Waals surface area contributed by atoms with Crippen molar-refractivity contribution in [2.45, 2.75) is 70.3 Å². The van der Waals surface area contributed by atoms with Crippen molar-refractivity contribution in [3.8, 4) is 18.1 Å². The molecule has 0 bridgehead atoms. The fourth-order valence-corrected chi connectivity index (χ4v) is 8.44. The fourth-order valence-electron chi connectivity index (χ4n) is 8.03. The number of carbonyl (C=O) groups is 2. The highest BCUT2D eigenvalue weighted by Crippen LogP contribution is 2.65. The van der Waals surface area contributed by atoms with Crippen molar-refractivity contribution in [1.29, 1.82) is 0 Å². The van der Waals surface area contributed by atoms with Crippen molar-refractivity contribution in [3.63, 3.8) is 0 Å². The lowest BCUT2D eigenvalue weighted by Crippen LogP contribution is -2.52. The first kappa shape index (κ1) is 29.8. The van der Waals surface area contributed by atoms with E-state index >= 15 is 0 Å². The standard InChI is InChI=1S/C34H39Cl2NO4/c1-4-34(41-23(2)38)16-14-31-30-11-7-25-22-27(10-12-28(25)29(30)13-15-33(31,34)3)40-32(39)21-24-5-8-26(9-6-24)37(19-17-35)20-18-36/h1,5-6,8-10,12,22,29-31H,7,11,13-21H2,2-3H3/t29-,30-,31+,33+,34+/m1/s1. The number of hydrogen-bond acceptors (Lipinski definition) is 5.